The van der Waals surface area contributed by atoms with Crippen molar-refractivity contribution < 1.29 is 13.5 Å². The summed E-state index contributed by atoms with van der Waals surface area (Å²) in [6, 6.07) is 5.78. The van der Waals surface area contributed by atoms with Gasteiger partial charge in [0.25, 0.3) is 0 Å². The predicted octanol–water partition coefficient (Wildman–Crippen LogP) is 4.06. The summed E-state index contributed by atoms with van der Waals surface area (Å²) in [5.41, 5.74) is 1.49. The second-order valence-electron chi connectivity index (χ2n) is 4.90. The van der Waals surface area contributed by atoms with Crippen LogP contribution in [0.5, 0.6) is 0 Å². The predicted molar refractivity (Wildman–Crippen MR) is 79.0 cm³/mol. The first-order valence-corrected chi connectivity index (χ1v) is 7.36. The van der Waals surface area contributed by atoms with Crippen molar-refractivity contribution in [2.24, 2.45) is 0 Å². The summed E-state index contributed by atoms with van der Waals surface area (Å²) >= 11 is 3.36. The molecule has 2 heterocycles. The SMILES string of the molecule is Fc1ccc(C2OCCC2Nc2cncc(Br)c2)cc1F. The Bertz CT molecular complexity index is 653. The lowest BCUT2D eigenvalue weighted by Gasteiger charge is -2.21. The van der Waals surface area contributed by atoms with Gasteiger partial charge in [-0.1, -0.05) is 6.07 Å². The molecule has 110 valence electrons. The van der Waals surface area contributed by atoms with Crippen LogP contribution in [-0.2, 0) is 4.74 Å². The largest absolute Gasteiger partial charge is 0.378 e. The molecule has 1 aliphatic heterocycles. The van der Waals surface area contributed by atoms with Gasteiger partial charge in [0.15, 0.2) is 11.6 Å². The second kappa shape index (κ2) is 6.07. The van der Waals surface area contributed by atoms with Crippen LogP contribution < -0.4 is 5.32 Å². The first-order chi connectivity index (χ1) is 10.1. The molecule has 6 heteroatoms. The quantitative estimate of drug-likeness (QED) is 0.902. The van der Waals surface area contributed by atoms with Crippen LogP contribution in [0.3, 0.4) is 0 Å². The Hall–Kier alpha value is -1.53. The average Bonchev–Trinajstić information content (AvgIpc) is 2.90. The van der Waals surface area contributed by atoms with Gasteiger partial charge in [-0.3, -0.25) is 4.98 Å². The Morgan fingerprint density at radius 1 is 1.19 bits per heavy atom. The van der Waals surface area contributed by atoms with Crippen LogP contribution in [-0.4, -0.2) is 17.6 Å². The number of benzene rings is 1. The number of rotatable bonds is 3. The zero-order chi connectivity index (χ0) is 14.8. The Kier molecular flexibility index (Phi) is 4.17. The molecule has 2 aromatic rings. The zero-order valence-corrected chi connectivity index (χ0v) is 12.6. The van der Waals surface area contributed by atoms with Crippen LogP contribution in [0.4, 0.5) is 14.5 Å². The zero-order valence-electron chi connectivity index (χ0n) is 11.0. The molecule has 0 amide bonds. The molecule has 1 fully saturated rings. The van der Waals surface area contributed by atoms with Crippen LogP contribution in [0.25, 0.3) is 0 Å². The molecule has 21 heavy (non-hydrogen) atoms. The van der Waals surface area contributed by atoms with Crippen LogP contribution in [0.1, 0.15) is 18.1 Å². The molecule has 1 saturated heterocycles. The molecule has 0 aliphatic carbocycles. The Morgan fingerprint density at radius 2 is 2.05 bits per heavy atom. The molecule has 1 aromatic carbocycles. The van der Waals surface area contributed by atoms with Gasteiger partial charge >= 0.3 is 0 Å². The number of halogens is 3. The van der Waals surface area contributed by atoms with Gasteiger partial charge in [0, 0.05) is 17.3 Å². The maximum Gasteiger partial charge on any atom is 0.159 e. The summed E-state index contributed by atoms with van der Waals surface area (Å²) in [5.74, 6) is -1.71. The van der Waals surface area contributed by atoms with E-state index in [1.807, 2.05) is 6.07 Å². The van der Waals surface area contributed by atoms with E-state index in [1.54, 1.807) is 18.5 Å². The smallest absolute Gasteiger partial charge is 0.159 e. The second-order valence-corrected chi connectivity index (χ2v) is 5.81. The van der Waals surface area contributed by atoms with Crippen LogP contribution >= 0.6 is 15.9 Å². The highest BCUT2D eigenvalue weighted by Crippen LogP contribution is 2.32. The lowest BCUT2D eigenvalue weighted by atomic mass is 10.0. The number of anilines is 1. The first kappa shape index (κ1) is 14.4. The summed E-state index contributed by atoms with van der Waals surface area (Å²) < 4.78 is 32.9. The fraction of sp³-hybridized carbons (Fsp3) is 0.267. The fourth-order valence-electron chi connectivity index (χ4n) is 2.46. The highest BCUT2D eigenvalue weighted by molar-refractivity contribution is 9.10. The van der Waals surface area contributed by atoms with Crippen molar-refractivity contribution in [3.63, 3.8) is 0 Å². The Balaban J connectivity index is 1.80. The van der Waals surface area contributed by atoms with Gasteiger partial charge in [-0.2, -0.15) is 0 Å². The van der Waals surface area contributed by atoms with Crippen LogP contribution in [0, 0.1) is 11.6 Å². The molecule has 1 aromatic heterocycles. The van der Waals surface area contributed by atoms with Crippen molar-refractivity contribution >= 4 is 21.6 Å². The lowest BCUT2D eigenvalue weighted by molar-refractivity contribution is 0.107. The van der Waals surface area contributed by atoms with Gasteiger partial charge in [0.05, 0.1) is 17.9 Å². The van der Waals surface area contributed by atoms with E-state index in [9.17, 15) is 8.78 Å². The number of pyridine rings is 1. The van der Waals surface area contributed by atoms with Gasteiger partial charge in [-0.05, 0) is 46.1 Å². The minimum absolute atomic E-state index is 0.00837. The molecule has 0 bridgehead atoms. The molecule has 1 aliphatic rings. The van der Waals surface area contributed by atoms with Crippen molar-refractivity contribution in [2.45, 2.75) is 18.6 Å². The molecule has 2 atom stereocenters. The number of nitrogens with one attached hydrogen (secondary N) is 1. The Morgan fingerprint density at radius 3 is 2.81 bits per heavy atom. The summed E-state index contributed by atoms with van der Waals surface area (Å²) in [7, 11) is 0. The maximum atomic E-state index is 13.4. The fourth-order valence-corrected chi connectivity index (χ4v) is 2.82. The van der Waals surface area contributed by atoms with Crippen LogP contribution in [0.15, 0.2) is 41.1 Å². The summed E-state index contributed by atoms with van der Waals surface area (Å²) in [4.78, 5) is 4.09. The number of ether oxygens (including phenoxy) is 1. The van der Waals surface area contributed by atoms with Crippen molar-refractivity contribution in [3.05, 3.63) is 58.3 Å². The molecule has 0 saturated carbocycles. The standard InChI is InChI=1S/C15H13BrF2N2O/c16-10-6-11(8-19-7-10)20-14-3-4-21-15(14)9-1-2-12(17)13(18)5-9/h1-2,5-8,14-15,20H,3-4H2. The van der Waals surface area contributed by atoms with E-state index < -0.39 is 11.6 Å². The number of hydrogen-bond donors (Lipinski definition) is 1. The highest BCUT2D eigenvalue weighted by atomic mass is 79.9. The first-order valence-electron chi connectivity index (χ1n) is 6.57. The average molecular weight is 355 g/mol. The minimum atomic E-state index is -0.856. The normalized spacial score (nSPS) is 21.5. The van der Waals surface area contributed by atoms with Crippen molar-refractivity contribution in [1.29, 1.82) is 0 Å². The molecule has 0 radical (unpaired) electrons. The van der Waals surface area contributed by atoms with E-state index >= 15 is 0 Å². The Labute approximate surface area is 129 Å². The number of nitrogens with zero attached hydrogens (tertiary/aromatic N) is 1. The minimum Gasteiger partial charge on any atom is -0.378 e. The van der Waals surface area contributed by atoms with Crippen LogP contribution in [0.2, 0.25) is 0 Å². The van der Waals surface area contributed by atoms with E-state index in [4.69, 9.17) is 4.74 Å². The van der Waals surface area contributed by atoms with E-state index in [0.717, 1.165) is 22.6 Å². The monoisotopic (exact) mass is 354 g/mol. The lowest BCUT2D eigenvalue weighted by Crippen LogP contribution is -2.23. The topological polar surface area (TPSA) is 34.1 Å². The molecular weight excluding hydrogens is 342 g/mol. The molecule has 3 rings (SSSR count). The highest BCUT2D eigenvalue weighted by Gasteiger charge is 2.30. The number of hydrogen-bond acceptors (Lipinski definition) is 3. The molecule has 3 nitrogen and oxygen atoms in total. The van der Waals surface area contributed by atoms with E-state index in [2.05, 4.69) is 26.2 Å². The van der Waals surface area contributed by atoms with E-state index in [0.29, 0.717) is 12.2 Å². The number of aromatic nitrogens is 1. The van der Waals surface area contributed by atoms with Crippen molar-refractivity contribution in [2.75, 3.05) is 11.9 Å². The third-order valence-electron chi connectivity index (χ3n) is 3.42. The van der Waals surface area contributed by atoms with Gasteiger partial charge in [0.1, 0.15) is 6.10 Å². The maximum absolute atomic E-state index is 13.4. The molecular formula is C15H13BrF2N2O. The summed E-state index contributed by atoms with van der Waals surface area (Å²) in [6.07, 6.45) is 3.89. The third kappa shape index (κ3) is 3.22. The van der Waals surface area contributed by atoms with Gasteiger partial charge in [-0.15, -0.1) is 0 Å². The van der Waals surface area contributed by atoms with Gasteiger partial charge in [0.2, 0.25) is 0 Å². The summed E-state index contributed by atoms with van der Waals surface area (Å²) in [6.45, 7) is 0.572. The van der Waals surface area contributed by atoms with Gasteiger partial charge < -0.3 is 10.1 Å². The molecule has 0 spiro atoms. The van der Waals surface area contributed by atoms with E-state index in [1.165, 1.54) is 6.07 Å². The van der Waals surface area contributed by atoms with Crippen molar-refractivity contribution in [3.8, 4) is 0 Å². The third-order valence-corrected chi connectivity index (χ3v) is 3.85. The molecule has 2 unspecified atom stereocenters. The molecule has 1 N–H and O–H groups in total. The van der Waals surface area contributed by atoms with Gasteiger partial charge in [-0.25, -0.2) is 8.78 Å². The van der Waals surface area contributed by atoms with E-state index in [-0.39, 0.29) is 12.1 Å². The van der Waals surface area contributed by atoms with Crippen molar-refractivity contribution in [1.82, 2.24) is 4.98 Å². The summed E-state index contributed by atoms with van der Waals surface area (Å²) in [5, 5.41) is 3.33.